The van der Waals surface area contributed by atoms with Crippen molar-refractivity contribution in [3.8, 4) is 5.75 Å². The molecule has 0 radical (unpaired) electrons. The van der Waals surface area contributed by atoms with Gasteiger partial charge in [0.1, 0.15) is 0 Å². The molecule has 0 saturated heterocycles. The Morgan fingerprint density at radius 1 is 1.50 bits per heavy atom. The van der Waals surface area contributed by atoms with E-state index in [1.807, 2.05) is 12.1 Å². The second-order valence-electron chi connectivity index (χ2n) is 4.06. The first kappa shape index (κ1) is 12.8. The minimum atomic E-state index is 0.562. The first-order chi connectivity index (χ1) is 7.65. The molecule has 0 spiro atoms. The van der Waals surface area contributed by atoms with Crippen LogP contribution in [-0.2, 0) is 0 Å². The van der Waals surface area contributed by atoms with E-state index < -0.39 is 0 Å². The minimum Gasteiger partial charge on any atom is -0.493 e. The van der Waals surface area contributed by atoms with Gasteiger partial charge < -0.3 is 15.0 Å². The van der Waals surface area contributed by atoms with E-state index in [9.17, 15) is 0 Å². The first-order valence-electron chi connectivity index (χ1n) is 5.58. The topological polar surface area (TPSA) is 37.4 Å². The van der Waals surface area contributed by atoms with Gasteiger partial charge in [-0.3, -0.25) is 0 Å². The van der Waals surface area contributed by atoms with Crippen LogP contribution in [0.25, 0.3) is 0 Å². The van der Waals surface area contributed by atoms with Gasteiger partial charge in [-0.15, -0.1) is 0 Å². The highest BCUT2D eigenvalue weighted by Crippen LogP contribution is 2.19. The van der Waals surface area contributed by atoms with Gasteiger partial charge in [0.15, 0.2) is 11.6 Å². The predicted octanol–water partition coefficient (Wildman–Crippen LogP) is 1.84. The number of aromatic nitrogens is 1. The molecule has 1 rings (SSSR count). The molecule has 0 aliphatic carbocycles. The molecule has 4 nitrogen and oxygen atoms in total. The molecule has 1 N–H and O–H groups in total. The number of nitrogens with zero attached hydrogens (tertiary/aromatic N) is 2. The zero-order valence-electron chi connectivity index (χ0n) is 10.5. The SMILES string of the molecule is COc1cccnc1NCCN(C)C(C)C. The maximum absolute atomic E-state index is 5.21. The summed E-state index contributed by atoms with van der Waals surface area (Å²) in [5, 5.41) is 3.27. The molecule has 90 valence electrons. The highest BCUT2D eigenvalue weighted by Gasteiger charge is 2.04. The molecule has 1 heterocycles. The van der Waals surface area contributed by atoms with Crippen LogP contribution < -0.4 is 10.1 Å². The summed E-state index contributed by atoms with van der Waals surface area (Å²) < 4.78 is 5.21. The lowest BCUT2D eigenvalue weighted by atomic mass is 10.3. The Labute approximate surface area is 97.6 Å². The highest BCUT2D eigenvalue weighted by atomic mass is 16.5. The third-order valence-electron chi connectivity index (χ3n) is 2.63. The van der Waals surface area contributed by atoms with E-state index in [-0.39, 0.29) is 0 Å². The maximum Gasteiger partial charge on any atom is 0.168 e. The molecule has 0 bridgehead atoms. The highest BCUT2D eigenvalue weighted by molar-refractivity contribution is 5.49. The number of anilines is 1. The molecule has 0 saturated carbocycles. The molecule has 0 aliphatic rings. The number of hydrogen-bond acceptors (Lipinski definition) is 4. The van der Waals surface area contributed by atoms with Crippen molar-refractivity contribution in [3.05, 3.63) is 18.3 Å². The lowest BCUT2D eigenvalue weighted by Crippen LogP contribution is -2.31. The van der Waals surface area contributed by atoms with E-state index in [0.29, 0.717) is 6.04 Å². The van der Waals surface area contributed by atoms with E-state index in [4.69, 9.17) is 4.74 Å². The van der Waals surface area contributed by atoms with Gasteiger partial charge in [-0.05, 0) is 33.0 Å². The van der Waals surface area contributed by atoms with Crippen LogP contribution in [0.2, 0.25) is 0 Å². The number of pyridine rings is 1. The van der Waals surface area contributed by atoms with Gasteiger partial charge in [-0.1, -0.05) is 0 Å². The molecule has 0 unspecified atom stereocenters. The smallest absolute Gasteiger partial charge is 0.168 e. The first-order valence-corrected chi connectivity index (χ1v) is 5.58. The van der Waals surface area contributed by atoms with Crippen LogP contribution in [0.1, 0.15) is 13.8 Å². The minimum absolute atomic E-state index is 0.562. The van der Waals surface area contributed by atoms with Gasteiger partial charge in [0.25, 0.3) is 0 Å². The monoisotopic (exact) mass is 223 g/mol. The quantitative estimate of drug-likeness (QED) is 0.798. The van der Waals surface area contributed by atoms with Crippen molar-refractivity contribution in [1.29, 1.82) is 0 Å². The average molecular weight is 223 g/mol. The fourth-order valence-electron chi connectivity index (χ4n) is 1.30. The maximum atomic E-state index is 5.21. The Bertz CT molecular complexity index is 315. The zero-order valence-corrected chi connectivity index (χ0v) is 10.5. The molecule has 0 atom stereocenters. The van der Waals surface area contributed by atoms with Crippen LogP contribution in [-0.4, -0.2) is 43.2 Å². The number of nitrogens with one attached hydrogen (secondary N) is 1. The molecule has 0 fully saturated rings. The van der Waals surface area contributed by atoms with E-state index in [0.717, 1.165) is 24.7 Å². The molecular formula is C12H21N3O. The summed E-state index contributed by atoms with van der Waals surface area (Å²) in [6, 6.07) is 4.33. The lowest BCUT2D eigenvalue weighted by molar-refractivity contribution is 0.284. The van der Waals surface area contributed by atoms with Crippen LogP contribution in [0.4, 0.5) is 5.82 Å². The van der Waals surface area contributed by atoms with Crippen LogP contribution >= 0.6 is 0 Å². The average Bonchev–Trinajstić information content (AvgIpc) is 2.29. The third kappa shape index (κ3) is 3.70. The molecule has 1 aromatic heterocycles. The molecule has 1 aromatic rings. The van der Waals surface area contributed by atoms with E-state index >= 15 is 0 Å². The van der Waals surface area contributed by atoms with Gasteiger partial charge >= 0.3 is 0 Å². The fraction of sp³-hybridized carbons (Fsp3) is 0.583. The predicted molar refractivity (Wildman–Crippen MR) is 67.0 cm³/mol. The van der Waals surface area contributed by atoms with Crippen LogP contribution in [0.15, 0.2) is 18.3 Å². The van der Waals surface area contributed by atoms with Crippen molar-refractivity contribution >= 4 is 5.82 Å². The molecule has 0 aliphatic heterocycles. The molecule has 0 aromatic carbocycles. The van der Waals surface area contributed by atoms with Crippen molar-refractivity contribution in [3.63, 3.8) is 0 Å². The summed E-state index contributed by atoms with van der Waals surface area (Å²) in [5.74, 6) is 1.59. The van der Waals surface area contributed by atoms with Crippen molar-refractivity contribution < 1.29 is 4.74 Å². The summed E-state index contributed by atoms with van der Waals surface area (Å²) in [6.07, 6.45) is 1.76. The van der Waals surface area contributed by atoms with Gasteiger partial charge in [-0.25, -0.2) is 4.98 Å². The summed E-state index contributed by atoms with van der Waals surface area (Å²) >= 11 is 0. The molecule has 4 heteroatoms. The van der Waals surface area contributed by atoms with Crippen molar-refractivity contribution in [2.45, 2.75) is 19.9 Å². The van der Waals surface area contributed by atoms with Crippen LogP contribution in [0.5, 0.6) is 5.75 Å². The normalized spacial score (nSPS) is 10.9. The largest absolute Gasteiger partial charge is 0.493 e. The summed E-state index contributed by atoms with van der Waals surface area (Å²) in [6.45, 7) is 6.21. The van der Waals surface area contributed by atoms with E-state index in [1.165, 1.54) is 0 Å². The van der Waals surface area contributed by atoms with Crippen LogP contribution in [0.3, 0.4) is 0 Å². The summed E-state index contributed by atoms with van der Waals surface area (Å²) in [4.78, 5) is 6.52. The standard InChI is InChI=1S/C12H21N3O/c1-10(2)15(3)9-8-14-12-11(16-4)6-5-7-13-12/h5-7,10H,8-9H2,1-4H3,(H,13,14). The number of methoxy groups -OCH3 is 1. The lowest BCUT2D eigenvalue weighted by Gasteiger charge is -2.21. The number of likely N-dealkylation sites (N-methyl/N-ethyl adjacent to an activating group) is 1. The third-order valence-corrected chi connectivity index (χ3v) is 2.63. The second kappa shape index (κ2) is 6.33. The van der Waals surface area contributed by atoms with Gasteiger partial charge in [0.2, 0.25) is 0 Å². The van der Waals surface area contributed by atoms with Gasteiger partial charge in [0.05, 0.1) is 7.11 Å². The second-order valence-corrected chi connectivity index (χ2v) is 4.06. The summed E-state index contributed by atoms with van der Waals surface area (Å²) in [5.41, 5.74) is 0. The number of rotatable bonds is 6. The van der Waals surface area contributed by atoms with Crippen molar-refractivity contribution in [2.75, 3.05) is 32.6 Å². The van der Waals surface area contributed by atoms with Crippen molar-refractivity contribution in [2.24, 2.45) is 0 Å². The Hall–Kier alpha value is -1.29. The molecular weight excluding hydrogens is 202 g/mol. The molecule has 0 amide bonds. The zero-order chi connectivity index (χ0) is 12.0. The van der Waals surface area contributed by atoms with Crippen molar-refractivity contribution in [1.82, 2.24) is 9.88 Å². The number of ether oxygens (including phenoxy) is 1. The fourth-order valence-corrected chi connectivity index (χ4v) is 1.30. The van der Waals surface area contributed by atoms with Gasteiger partial charge in [-0.2, -0.15) is 0 Å². The Morgan fingerprint density at radius 2 is 2.25 bits per heavy atom. The Morgan fingerprint density at radius 3 is 2.88 bits per heavy atom. The Kier molecular flexibility index (Phi) is 5.05. The van der Waals surface area contributed by atoms with E-state index in [2.05, 4.69) is 36.1 Å². The van der Waals surface area contributed by atoms with E-state index in [1.54, 1.807) is 13.3 Å². The number of hydrogen-bond donors (Lipinski definition) is 1. The van der Waals surface area contributed by atoms with Gasteiger partial charge in [0, 0.05) is 25.3 Å². The molecule has 16 heavy (non-hydrogen) atoms. The summed E-state index contributed by atoms with van der Waals surface area (Å²) in [7, 11) is 3.77. The Balaban J connectivity index is 2.42. The van der Waals surface area contributed by atoms with Crippen LogP contribution in [0, 0.1) is 0 Å².